The average Bonchev–Trinajstić information content (AvgIpc) is 3.38. The van der Waals surface area contributed by atoms with Crippen LogP contribution in [0.4, 0.5) is 5.13 Å². The second-order valence-corrected chi connectivity index (χ2v) is 6.62. The lowest BCUT2D eigenvalue weighted by Gasteiger charge is -2.03. The third kappa shape index (κ3) is 5.38. The summed E-state index contributed by atoms with van der Waals surface area (Å²) in [7, 11) is 0. The van der Waals surface area contributed by atoms with Crippen LogP contribution in [-0.4, -0.2) is 29.7 Å². The minimum absolute atomic E-state index is 0.0763. The number of hydrazone groups is 1. The fraction of sp³-hybridized carbons (Fsp3) is 0.333. The molecule has 1 aromatic heterocycles. The van der Waals surface area contributed by atoms with Gasteiger partial charge in [0.05, 0.1) is 30.9 Å². The van der Waals surface area contributed by atoms with Gasteiger partial charge < -0.3 is 9.47 Å². The largest absolute Gasteiger partial charge is 0.466 e. The van der Waals surface area contributed by atoms with Gasteiger partial charge in [-0.25, -0.2) is 4.98 Å². The van der Waals surface area contributed by atoms with Crippen molar-refractivity contribution in [1.29, 1.82) is 0 Å². The van der Waals surface area contributed by atoms with Crippen LogP contribution in [0.25, 0.3) is 0 Å². The number of esters is 2. The third-order valence-electron chi connectivity index (χ3n) is 3.57. The Hall–Kier alpha value is -2.74. The third-order valence-corrected chi connectivity index (χ3v) is 4.36. The number of thiazole rings is 1. The molecule has 7 nitrogen and oxygen atoms in total. The van der Waals surface area contributed by atoms with E-state index < -0.39 is 0 Å². The summed E-state index contributed by atoms with van der Waals surface area (Å²) >= 11 is 1.36. The maximum Gasteiger partial charge on any atom is 0.314 e. The molecule has 8 heteroatoms. The van der Waals surface area contributed by atoms with E-state index in [-0.39, 0.29) is 24.3 Å². The number of carbonyl (C=O) groups is 2. The van der Waals surface area contributed by atoms with E-state index in [9.17, 15) is 9.59 Å². The first-order valence-corrected chi connectivity index (χ1v) is 9.23. The lowest BCUT2D eigenvalue weighted by molar-refractivity contribution is -0.142. The fourth-order valence-electron chi connectivity index (χ4n) is 2.10. The summed E-state index contributed by atoms with van der Waals surface area (Å²) in [5.41, 5.74) is 4.33. The molecule has 0 unspecified atom stereocenters. The van der Waals surface area contributed by atoms with Crippen LogP contribution in [0.2, 0.25) is 0 Å². The molecule has 1 heterocycles. The molecule has 26 heavy (non-hydrogen) atoms. The number of carbonyl (C=O) groups excluding carboxylic acids is 2. The lowest BCUT2D eigenvalue weighted by Crippen LogP contribution is -2.09. The molecule has 0 bridgehead atoms. The van der Waals surface area contributed by atoms with E-state index in [1.54, 1.807) is 30.7 Å². The predicted octanol–water partition coefficient (Wildman–Crippen LogP) is 3.01. The molecule has 0 saturated heterocycles. The Morgan fingerprint density at radius 3 is 2.81 bits per heavy atom. The quantitative estimate of drug-likeness (QED) is 0.331. The molecule has 1 N–H and O–H groups in total. The van der Waals surface area contributed by atoms with Gasteiger partial charge in [-0.1, -0.05) is 0 Å². The summed E-state index contributed by atoms with van der Waals surface area (Å²) in [5.74, 6) is 0.161. The summed E-state index contributed by atoms with van der Waals surface area (Å²) in [6.45, 7) is 2.13. The molecule has 2 aromatic rings. The number of rotatable bonds is 8. The minimum Gasteiger partial charge on any atom is -0.466 e. The zero-order valence-corrected chi connectivity index (χ0v) is 15.1. The first-order valence-electron chi connectivity index (χ1n) is 8.35. The van der Waals surface area contributed by atoms with Crippen molar-refractivity contribution in [1.82, 2.24) is 4.98 Å². The van der Waals surface area contributed by atoms with Crippen molar-refractivity contribution in [2.45, 2.75) is 26.2 Å². The normalized spacial score (nSPS) is 13.6. The van der Waals surface area contributed by atoms with Crippen molar-refractivity contribution in [2.75, 3.05) is 12.0 Å². The molecule has 0 amide bonds. The zero-order valence-electron chi connectivity index (χ0n) is 14.3. The van der Waals surface area contributed by atoms with Crippen LogP contribution in [0.1, 0.15) is 31.0 Å². The molecule has 3 rings (SSSR count). The number of hydrogen-bond donors (Lipinski definition) is 1. The van der Waals surface area contributed by atoms with Crippen molar-refractivity contribution < 1.29 is 19.1 Å². The number of hydrogen-bond acceptors (Lipinski definition) is 8. The molecule has 1 aliphatic carbocycles. The van der Waals surface area contributed by atoms with Gasteiger partial charge in [0.2, 0.25) is 5.13 Å². The second-order valence-electron chi connectivity index (χ2n) is 5.76. The first kappa shape index (κ1) is 18.1. The highest BCUT2D eigenvalue weighted by Crippen LogP contribution is 2.30. The molecular formula is C18H19N3O4S. The molecule has 1 saturated carbocycles. The number of anilines is 1. The Morgan fingerprint density at radius 1 is 1.35 bits per heavy atom. The summed E-state index contributed by atoms with van der Waals surface area (Å²) in [4.78, 5) is 27.3. The van der Waals surface area contributed by atoms with Gasteiger partial charge >= 0.3 is 11.9 Å². The van der Waals surface area contributed by atoms with E-state index in [1.165, 1.54) is 11.3 Å². The van der Waals surface area contributed by atoms with Gasteiger partial charge in [0.25, 0.3) is 0 Å². The van der Waals surface area contributed by atoms with Crippen LogP contribution in [0.15, 0.2) is 34.7 Å². The van der Waals surface area contributed by atoms with Crippen LogP contribution in [0.5, 0.6) is 5.75 Å². The van der Waals surface area contributed by atoms with Crippen LogP contribution >= 0.6 is 11.3 Å². The van der Waals surface area contributed by atoms with Crippen LogP contribution in [0.3, 0.4) is 0 Å². The van der Waals surface area contributed by atoms with Crippen LogP contribution in [-0.2, 0) is 20.7 Å². The van der Waals surface area contributed by atoms with E-state index in [1.807, 2.05) is 12.1 Å². The number of nitrogens with zero attached hydrogens (tertiary/aromatic N) is 2. The minimum atomic E-state index is -0.296. The van der Waals surface area contributed by atoms with Gasteiger partial charge in [-0.2, -0.15) is 5.10 Å². The first-order chi connectivity index (χ1) is 12.6. The topological polar surface area (TPSA) is 89.9 Å². The van der Waals surface area contributed by atoms with Crippen molar-refractivity contribution in [2.24, 2.45) is 11.0 Å². The van der Waals surface area contributed by atoms with Crippen LogP contribution < -0.4 is 10.2 Å². The molecule has 0 aliphatic heterocycles. The monoisotopic (exact) mass is 373 g/mol. The summed E-state index contributed by atoms with van der Waals surface area (Å²) in [6.07, 6.45) is 3.64. The predicted molar refractivity (Wildman–Crippen MR) is 98.5 cm³/mol. The average molecular weight is 373 g/mol. The van der Waals surface area contributed by atoms with Crippen molar-refractivity contribution in [3.8, 4) is 5.75 Å². The number of benzene rings is 1. The Labute approximate surface area is 155 Å². The van der Waals surface area contributed by atoms with Gasteiger partial charge in [-0.05, 0) is 49.6 Å². The van der Waals surface area contributed by atoms with E-state index in [0.29, 0.717) is 23.2 Å². The Bertz CT molecular complexity index is 797. The molecular weight excluding hydrogens is 354 g/mol. The maximum absolute atomic E-state index is 11.6. The van der Waals surface area contributed by atoms with E-state index in [0.717, 1.165) is 18.4 Å². The molecule has 1 aromatic carbocycles. The Balaban J connectivity index is 1.48. The van der Waals surface area contributed by atoms with E-state index >= 15 is 0 Å². The molecule has 0 atom stereocenters. The van der Waals surface area contributed by atoms with Crippen molar-refractivity contribution in [3.05, 3.63) is 40.9 Å². The Kier molecular flexibility index (Phi) is 5.96. The zero-order chi connectivity index (χ0) is 18.4. The smallest absolute Gasteiger partial charge is 0.314 e. The molecule has 0 spiro atoms. The number of ether oxygens (including phenoxy) is 2. The molecule has 1 aliphatic rings. The number of nitrogens with one attached hydrogen (secondary N) is 1. The SMILES string of the molecule is CCOC(=O)Cc1csc(NN=Cc2ccc(OC(=O)C3CC3)cc2)n1. The van der Waals surface area contributed by atoms with Gasteiger partial charge in [-0.15, -0.1) is 11.3 Å². The lowest BCUT2D eigenvalue weighted by atomic mass is 10.2. The fourth-order valence-corrected chi connectivity index (χ4v) is 2.76. The second kappa shape index (κ2) is 8.57. The molecule has 0 radical (unpaired) electrons. The number of aromatic nitrogens is 1. The van der Waals surface area contributed by atoms with Gasteiger partial charge in [0, 0.05) is 5.38 Å². The van der Waals surface area contributed by atoms with E-state index in [2.05, 4.69) is 15.5 Å². The van der Waals surface area contributed by atoms with Crippen molar-refractivity contribution >= 4 is 34.6 Å². The van der Waals surface area contributed by atoms with Crippen LogP contribution in [0, 0.1) is 5.92 Å². The summed E-state index contributed by atoms with van der Waals surface area (Å²) in [6, 6.07) is 7.11. The summed E-state index contributed by atoms with van der Waals surface area (Å²) in [5, 5.41) is 6.50. The molecule has 136 valence electrons. The van der Waals surface area contributed by atoms with Gasteiger partial charge in [0.1, 0.15) is 5.75 Å². The van der Waals surface area contributed by atoms with Gasteiger partial charge in [-0.3, -0.25) is 15.0 Å². The van der Waals surface area contributed by atoms with Crippen molar-refractivity contribution in [3.63, 3.8) is 0 Å². The molecule has 1 fully saturated rings. The Morgan fingerprint density at radius 2 is 2.12 bits per heavy atom. The summed E-state index contributed by atoms with van der Waals surface area (Å²) < 4.78 is 10.2. The highest BCUT2D eigenvalue weighted by Gasteiger charge is 2.31. The van der Waals surface area contributed by atoms with Gasteiger partial charge in [0.15, 0.2) is 0 Å². The highest BCUT2D eigenvalue weighted by atomic mass is 32.1. The van der Waals surface area contributed by atoms with E-state index in [4.69, 9.17) is 9.47 Å². The maximum atomic E-state index is 11.6. The highest BCUT2D eigenvalue weighted by molar-refractivity contribution is 7.13. The standard InChI is InChI=1S/C18H19N3O4S/c1-2-24-16(22)9-14-11-26-18(20-14)21-19-10-12-3-7-15(8-4-12)25-17(23)13-5-6-13/h3-4,7-8,10-11,13H,2,5-6,9H2,1H3,(H,20,21).